The lowest BCUT2D eigenvalue weighted by atomic mass is 9.97. The van der Waals surface area contributed by atoms with Gasteiger partial charge in [0, 0.05) is 13.1 Å². The maximum Gasteiger partial charge on any atom is 0.343 e. The van der Waals surface area contributed by atoms with Crippen molar-refractivity contribution in [1.29, 1.82) is 0 Å². The number of carbonyl (C=O) groups excluding carboxylic acids is 1. The van der Waals surface area contributed by atoms with Crippen LogP contribution in [0, 0.1) is 0 Å². The van der Waals surface area contributed by atoms with Gasteiger partial charge in [-0.1, -0.05) is 0 Å². The fraction of sp³-hybridized carbons (Fsp3) is 0.889. The van der Waals surface area contributed by atoms with Gasteiger partial charge in [-0.05, 0) is 20.4 Å². The first-order chi connectivity index (χ1) is 6.49. The van der Waals surface area contributed by atoms with Crippen molar-refractivity contribution < 1.29 is 19.0 Å². The Morgan fingerprint density at radius 3 is 2.86 bits per heavy atom. The van der Waals surface area contributed by atoms with E-state index in [1.807, 2.05) is 0 Å². The average molecular weight is 205 g/mol. The molecule has 0 bridgehead atoms. The quantitative estimate of drug-likeness (QED) is 0.656. The molecule has 1 aliphatic heterocycles. The molecule has 1 saturated heterocycles. The van der Waals surface area contributed by atoms with Gasteiger partial charge >= 0.3 is 5.97 Å². The Labute approximate surface area is 82.6 Å². The molecule has 0 spiro atoms. The first-order valence-electron chi connectivity index (χ1n) is 4.71. The molecule has 82 valence electrons. The van der Waals surface area contributed by atoms with E-state index in [-0.39, 0.29) is 19.6 Å². The number of hydrogen-bond donors (Lipinski definition) is 1. The summed E-state index contributed by atoms with van der Waals surface area (Å²) in [6.45, 7) is 2.50. The Kier molecular flexibility index (Phi) is 3.44. The highest BCUT2D eigenvalue weighted by Gasteiger charge is 2.46. The molecule has 5 heteroatoms. The van der Waals surface area contributed by atoms with Gasteiger partial charge in [-0.2, -0.15) is 0 Å². The van der Waals surface area contributed by atoms with Crippen LogP contribution in [-0.4, -0.2) is 54.5 Å². The van der Waals surface area contributed by atoms with Crippen LogP contribution in [0.25, 0.3) is 0 Å². The van der Waals surface area contributed by atoms with Crippen LogP contribution in [0.3, 0.4) is 0 Å². The van der Waals surface area contributed by atoms with Crippen LogP contribution in [0.15, 0.2) is 0 Å². The second-order valence-corrected chi connectivity index (χ2v) is 3.71. The normalized spacial score (nSPS) is 30.3. The Morgan fingerprint density at radius 2 is 2.43 bits per heavy atom. The monoisotopic (exact) mass is 205 g/mol. The third-order valence-electron chi connectivity index (χ3n) is 2.44. The second kappa shape index (κ2) is 4.23. The number of likely N-dealkylation sites (tertiary alicyclic amines) is 1. The van der Waals surface area contributed by atoms with Crippen LogP contribution in [0.2, 0.25) is 0 Å². The van der Waals surface area contributed by atoms with Crippen LogP contribution < -0.4 is 0 Å². The van der Waals surface area contributed by atoms with Crippen LogP contribution in [0.5, 0.6) is 0 Å². The molecule has 0 aromatic heterocycles. The Morgan fingerprint density at radius 1 is 1.79 bits per heavy atom. The number of ether oxygens (including phenoxy) is 1. The third kappa shape index (κ3) is 2.22. The predicted molar refractivity (Wildman–Crippen MR) is 48.6 cm³/mol. The largest absolute Gasteiger partial charge is 0.464 e. The molecule has 4 nitrogen and oxygen atoms in total. The van der Waals surface area contributed by atoms with Gasteiger partial charge < -0.3 is 14.7 Å². The van der Waals surface area contributed by atoms with Gasteiger partial charge in [-0.25, -0.2) is 9.18 Å². The van der Waals surface area contributed by atoms with E-state index in [9.17, 15) is 14.3 Å². The van der Waals surface area contributed by atoms with Crippen molar-refractivity contribution in [3.63, 3.8) is 0 Å². The van der Waals surface area contributed by atoms with Gasteiger partial charge in [0.2, 0.25) is 6.17 Å². The Balaban J connectivity index is 2.59. The summed E-state index contributed by atoms with van der Waals surface area (Å²) in [6, 6.07) is 0. The van der Waals surface area contributed by atoms with Crippen molar-refractivity contribution in [2.75, 3.05) is 26.7 Å². The minimum absolute atomic E-state index is 0.130. The Bertz CT molecular complexity index is 224. The molecule has 1 heterocycles. The van der Waals surface area contributed by atoms with E-state index in [1.54, 1.807) is 18.9 Å². The zero-order valence-electron chi connectivity index (χ0n) is 8.49. The summed E-state index contributed by atoms with van der Waals surface area (Å²) in [4.78, 5) is 12.8. The first kappa shape index (κ1) is 11.4. The number of hydrogen-bond acceptors (Lipinski definition) is 4. The average Bonchev–Trinajstić information content (AvgIpc) is 2.47. The van der Waals surface area contributed by atoms with Crippen LogP contribution in [0.4, 0.5) is 4.39 Å². The van der Waals surface area contributed by atoms with Gasteiger partial charge in [-0.15, -0.1) is 0 Å². The summed E-state index contributed by atoms with van der Waals surface area (Å²) < 4.78 is 18.0. The number of aliphatic hydroxyl groups is 1. The minimum Gasteiger partial charge on any atom is -0.464 e. The maximum absolute atomic E-state index is 13.5. The van der Waals surface area contributed by atoms with E-state index in [2.05, 4.69) is 4.74 Å². The lowest BCUT2D eigenvalue weighted by Gasteiger charge is -2.24. The van der Waals surface area contributed by atoms with E-state index < -0.39 is 17.7 Å². The third-order valence-corrected chi connectivity index (χ3v) is 2.44. The molecule has 0 aromatic carbocycles. The van der Waals surface area contributed by atoms with E-state index in [4.69, 9.17) is 0 Å². The number of esters is 1. The van der Waals surface area contributed by atoms with Gasteiger partial charge in [0.25, 0.3) is 0 Å². The molecule has 0 aliphatic carbocycles. The molecule has 1 N–H and O–H groups in total. The van der Waals surface area contributed by atoms with Crippen LogP contribution in [0.1, 0.15) is 13.3 Å². The van der Waals surface area contributed by atoms with Gasteiger partial charge in [0.05, 0.1) is 6.61 Å². The predicted octanol–water partition coefficient (Wildman–Crippen LogP) is -0.0458. The molecule has 14 heavy (non-hydrogen) atoms. The standard InChI is InChI=1S/C9H16FNO3/c1-3-14-8(12)7(10)9(13)4-5-11(2)6-9/h7,13H,3-6H2,1-2H3. The van der Waals surface area contributed by atoms with Crippen LogP contribution >= 0.6 is 0 Å². The molecule has 2 atom stereocenters. The lowest BCUT2D eigenvalue weighted by molar-refractivity contribution is -0.159. The van der Waals surface area contributed by atoms with Crippen molar-refractivity contribution in [2.24, 2.45) is 0 Å². The highest BCUT2D eigenvalue weighted by molar-refractivity contribution is 5.76. The van der Waals surface area contributed by atoms with E-state index in [1.165, 1.54) is 0 Å². The van der Waals surface area contributed by atoms with Crippen molar-refractivity contribution in [3.8, 4) is 0 Å². The van der Waals surface area contributed by atoms with E-state index in [0.29, 0.717) is 6.54 Å². The number of rotatable bonds is 3. The molecular formula is C9H16FNO3. The number of likely N-dealkylation sites (N-methyl/N-ethyl adjacent to an activating group) is 1. The van der Waals surface area contributed by atoms with Gasteiger partial charge in [-0.3, -0.25) is 0 Å². The summed E-state index contributed by atoms with van der Waals surface area (Å²) in [5.74, 6) is -0.967. The fourth-order valence-corrected chi connectivity index (χ4v) is 1.65. The zero-order chi connectivity index (χ0) is 10.8. The van der Waals surface area contributed by atoms with Crippen molar-refractivity contribution in [3.05, 3.63) is 0 Å². The Hall–Kier alpha value is -0.680. The number of nitrogens with zero attached hydrogens (tertiary/aromatic N) is 1. The summed E-state index contributed by atoms with van der Waals surface area (Å²) in [5, 5.41) is 9.81. The molecule has 0 amide bonds. The minimum atomic E-state index is -1.94. The van der Waals surface area contributed by atoms with Crippen molar-refractivity contribution in [1.82, 2.24) is 4.90 Å². The van der Waals surface area contributed by atoms with Gasteiger partial charge in [0.1, 0.15) is 5.60 Å². The summed E-state index contributed by atoms with van der Waals surface area (Å²) in [7, 11) is 1.77. The highest BCUT2D eigenvalue weighted by Crippen LogP contribution is 2.26. The molecule has 2 unspecified atom stereocenters. The second-order valence-electron chi connectivity index (χ2n) is 3.71. The van der Waals surface area contributed by atoms with E-state index >= 15 is 0 Å². The lowest BCUT2D eigenvalue weighted by Crippen LogP contribution is -2.46. The van der Waals surface area contributed by atoms with Crippen LogP contribution in [-0.2, 0) is 9.53 Å². The molecule has 0 saturated carbocycles. The number of β-amino-alcohol motifs (C(OH)–C–C–N with tert-alkyl or cyclic N) is 1. The number of alkyl halides is 1. The fourth-order valence-electron chi connectivity index (χ4n) is 1.65. The number of carbonyl (C=O) groups is 1. The highest BCUT2D eigenvalue weighted by atomic mass is 19.1. The molecular weight excluding hydrogens is 189 g/mol. The summed E-state index contributed by atoms with van der Waals surface area (Å²) in [5.41, 5.74) is -1.57. The van der Waals surface area contributed by atoms with E-state index in [0.717, 1.165) is 0 Å². The number of halogens is 1. The molecule has 0 radical (unpaired) electrons. The van der Waals surface area contributed by atoms with Crippen molar-refractivity contribution >= 4 is 5.97 Å². The molecule has 1 rings (SSSR count). The topological polar surface area (TPSA) is 49.8 Å². The van der Waals surface area contributed by atoms with Gasteiger partial charge in [0.15, 0.2) is 0 Å². The zero-order valence-corrected chi connectivity index (χ0v) is 8.49. The summed E-state index contributed by atoms with van der Waals surface area (Å²) in [6.07, 6.45) is -1.67. The van der Waals surface area contributed by atoms with Crippen molar-refractivity contribution in [2.45, 2.75) is 25.1 Å². The molecule has 1 fully saturated rings. The molecule has 1 aliphatic rings. The molecule has 0 aromatic rings. The smallest absolute Gasteiger partial charge is 0.343 e. The maximum atomic E-state index is 13.5. The first-order valence-corrected chi connectivity index (χ1v) is 4.71. The summed E-state index contributed by atoms with van der Waals surface area (Å²) >= 11 is 0. The SMILES string of the molecule is CCOC(=O)C(F)C1(O)CCN(C)C1.